The van der Waals surface area contributed by atoms with Crippen LogP contribution in [0.4, 0.5) is 0 Å². The monoisotopic (exact) mass is 168 g/mol. The number of aromatic nitrogens is 1. The van der Waals surface area contributed by atoms with E-state index in [4.69, 9.17) is 10.5 Å². The molecule has 0 saturated heterocycles. The van der Waals surface area contributed by atoms with E-state index in [0.717, 1.165) is 6.20 Å². The molecule has 1 heterocycles. The van der Waals surface area contributed by atoms with Crippen molar-refractivity contribution in [1.82, 2.24) is 0 Å². The summed E-state index contributed by atoms with van der Waals surface area (Å²) in [5.74, 6) is -0.383. The number of hydrogen-bond acceptors (Lipinski definition) is 3. The first-order valence-electron chi connectivity index (χ1n) is 3.21. The largest absolute Gasteiger partial charge is 0.619 e. The highest BCUT2D eigenvalue weighted by molar-refractivity contribution is 5.94. The Labute approximate surface area is 69.0 Å². The molecule has 1 aromatic heterocycles. The van der Waals surface area contributed by atoms with Gasteiger partial charge in [0.05, 0.1) is 7.11 Å². The fraction of sp³-hybridized carbons (Fsp3) is 0.143. The van der Waals surface area contributed by atoms with Crippen LogP contribution in [0.2, 0.25) is 0 Å². The number of ether oxygens (including phenoxy) is 1. The van der Waals surface area contributed by atoms with Crippen LogP contribution in [0, 0.1) is 5.21 Å². The average Bonchev–Trinajstić information content (AvgIpc) is 2.04. The molecule has 0 fully saturated rings. The maximum Gasteiger partial charge on any atom is 0.258 e. The smallest absolute Gasteiger partial charge is 0.258 e. The molecule has 12 heavy (non-hydrogen) atoms. The van der Waals surface area contributed by atoms with Crippen molar-refractivity contribution in [3.63, 3.8) is 0 Å². The van der Waals surface area contributed by atoms with Crippen LogP contribution >= 0.6 is 0 Å². The second-order valence-corrected chi connectivity index (χ2v) is 2.15. The SMILES string of the molecule is COc1cc[n+]([O-])cc1C(N)=O. The Hall–Kier alpha value is -1.78. The molecule has 0 bridgehead atoms. The fourth-order valence-electron chi connectivity index (χ4n) is 0.828. The van der Waals surface area contributed by atoms with Crippen molar-refractivity contribution in [2.24, 2.45) is 5.73 Å². The summed E-state index contributed by atoms with van der Waals surface area (Å²) in [5.41, 5.74) is 5.07. The first-order valence-corrected chi connectivity index (χ1v) is 3.21. The molecule has 0 radical (unpaired) electrons. The second-order valence-electron chi connectivity index (χ2n) is 2.15. The number of pyridine rings is 1. The molecular weight excluding hydrogens is 160 g/mol. The Morgan fingerprint density at radius 3 is 2.92 bits per heavy atom. The lowest BCUT2D eigenvalue weighted by Gasteiger charge is -2.03. The minimum absolute atomic E-state index is 0.0787. The van der Waals surface area contributed by atoms with Crippen LogP contribution in [-0.4, -0.2) is 13.0 Å². The first kappa shape index (κ1) is 8.32. The van der Waals surface area contributed by atoms with E-state index in [1.807, 2.05) is 0 Å². The van der Waals surface area contributed by atoms with Crippen LogP contribution < -0.4 is 15.2 Å². The van der Waals surface area contributed by atoms with Crippen molar-refractivity contribution in [3.8, 4) is 5.75 Å². The predicted molar refractivity (Wildman–Crippen MR) is 40.5 cm³/mol. The zero-order valence-corrected chi connectivity index (χ0v) is 6.48. The summed E-state index contributed by atoms with van der Waals surface area (Å²) in [6.07, 6.45) is 2.30. The topological polar surface area (TPSA) is 79.3 Å². The molecule has 0 saturated carbocycles. The molecule has 0 aromatic carbocycles. The maximum atomic E-state index is 10.7. The fourth-order valence-corrected chi connectivity index (χ4v) is 0.828. The summed E-state index contributed by atoms with van der Waals surface area (Å²) in [6, 6.07) is 1.38. The average molecular weight is 168 g/mol. The molecule has 0 atom stereocenters. The lowest BCUT2D eigenvalue weighted by molar-refractivity contribution is -0.605. The Morgan fingerprint density at radius 2 is 2.42 bits per heavy atom. The molecule has 0 spiro atoms. The van der Waals surface area contributed by atoms with Crippen LogP contribution in [-0.2, 0) is 0 Å². The molecule has 0 aliphatic heterocycles. The summed E-state index contributed by atoms with van der Waals surface area (Å²) in [4.78, 5) is 10.7. The molecule has 5 heteroatoms. The number of carbonyl (C=O) groups excluding carboxylic acids is 1. The van der Waals surface area contributed by atoms with Gasteiger partial charge in [-0.25, -0.2) is 0 Å². The highest BCUT2D eigenvalue weighted by Crippen LogP contribution is 2.13. The first-order chi connectivity index (χ1) is 5.65. The van der Waals surface area contributed by atoms with Gasteiger partial charge in [0, 0.05) is 6.07 Å². The second kappa shape index (κ2) is 3.08. The van der Waals surface area contributed by atoms with Gasteiger partial charge in [-0.2, -0.15) is 4.73 Å². The van der Waals surface area contributed by atoms with Gasteiger partial charge in [-0.3, -0.25) is 4.79 Å². The Balaban J connectivity index is 3.21. The molecule has 1 amide bonds. The standard InChI is InChI=1S/C7H8N2O3/c1-12-6-2-3-9(11)4-5(6)7(8)10/h2-4H,1H3,(H2,8,10). The van der Waals surface area contributed by atoms with E-state index in [2.05, 4.69) is 0 Å². The molecule has 5 nitrogen and oxygen atoms in total. The Morgan fingerprint density at radius 1 is 1.75 bits per heavy atom. The van der Waals surface area contributed by atoms with E-state index in [0.29, 0.717) is 10.5 Å². The van der Waals surface area contributed by atoms with Crippen molar-refractivity contribution < 1.29 is 14.3 Å². The number of nitrogens with two attached hydrogens (primary N) is 1. The number of carbonyl (C=O) groups is 1. The van der Waals surface area contributed by atoms with Crippen molar-refractivity contribution in [2.45, 2.75) is 0 Å². The molecule has 1 rings (SSSR count). The van der Waals surface area contributed by atoms with Gasteiger partial charge >= 0.3 is 0 Å². The van der Waals surface area contributed by atoms with Crippen LogP contribution in [0.15, 0.2) is 18.5 Å². The normalized spacial score (nSPS) is 9.42. The third kappa shape index (κ3) is 1.45. The van der Waals surface area contributed by atoms with Gasteiger partial charge in [0.25, 0.3) is 5.91 Å². The van der Waals surface area contributed by atoms with E-state index in [1.165, 1.54) is 19.4 Å². The van der Waals surface area contributed by atoms with Gasteiger partial charge in [0.1, 0.15) is 11.3 Å². The number of hydrogen-bond donors (Lipinski definition) is 1. The predicted octanol–water partition coefficient (Wildman–Crippen LogP) is -0.573. The lowest BCUT2D eigenvalue weighted by atomic mass is 10.2. The summed E-state index contributed by atoms with van der Waals surface area (Å²) in [5, 5.41) is 10.7. The van der Waals surface area contributed by atoms with Crippen LogP contribution in [0.1, 0.15) is 10.4 Å². The van der Waals surface area contributed by atoms with Gasteiger partial charge in [-0.15, -0.1) is 0 Å². The van der Waals surface area contributed by atoms with Gasteiger partial charge in [-0.05, 0) is 0 Å². The van der Waals surface area contributed by atoms with E-state index in [9.17, 15) is 10.0 Å². The number of amides is 1. The number of rotatable bonds is 2. The summed E-state index contributed by atoms with van der Waals surface area (Å²) >= 11 is 0. The molecular formula is C7H8N2O3. The maximum absolute atomic E-state index is 10.7. The summed E-state index contributed by atoms with van der Waals surface area (Å²) in [6.45, 7) is 0. The number of primary amides is 1. The van der Waals surface area contributed by atoms with Gasteiger partial charge in [0.2, 0.25) is 0 Å². The molecule has 64 valence electrons. The van der Waals surface area contributed by atoms with Gasteiger partial charge in [0.15, 0.2) is 12.4 Å². The molecule has 0 aliphatic carbocycles. The Kier molecular flexibility index (Phi) is 2.14. The van der Waals surface area contributed by atoms with Crippen molar-refractivity contribution >= 4 is 5.91 Å². The van der Waals surface area contributed by atoms with Gasteiger partial charge in [-0.1, -0.05) is 0 Å². The van der Waals surface area contributed by atoms with Crippen LogP contribution in [0.3, 0.4) is 0 Å². The van der Waals surface area contributed by atoms with E-state index in [1.54, 1.807) is 0 Å². The molecule has 1 aromatic rings. The van der Waals surface area contributed by atoms with E-state index >= 15 is 0 Å². The van der Waals surface area contributed by atoms with Gasteiger partial charge < -0.3 is 15.7 Å². The molecule has 0 unspecified atom stereocenters. The number of nitrogens with zero attached hydrogens (tertiary/aromatic N) is 1. The van der Waals surface area contributed by atoms with E-state index in [-0.39, 0.29) is 5.56 Å². The van der Waals surface area contributed by atoms with Crippen LogP contribution in [0.5, 0.6) is 5.75 Å². The zero-order chi connectivity index (χ0) is 9.14. The summed E-state index contributed by atoms with van der Waals surface area (Å²) in [7, 11) is 1.40. The third-order valence-corrected chi connectivity index (χ3v) is 1.38. The van der Waals surface area contributed by atoms with E-state index < -0.39 is 5.91 Å². The molecule has 2 N–H and O–H groups in total. The highest BCUT2D eigenvalue weighted by Gasteiger charge is 2.11. The highest BCUT2D eigenvalue weighted by atomic mass is 16.5. The summed E-state index contributed by atoms with van der Waals surface area (Å²) < 4.78 is 5.30. The Bertz CT molecular complexity index is 312. The number of methoxy groups -OCH3 is 1. The molecule has 0 aliphatic rings. The minimum atomic E-state index is -0.683. The minimum Gasteiger partial charge on any atom is -0.619 e. The quantitative estimate of drug-likeness (QED) is 0.474. The van der Waals surface area contributed by atoms with Crippen molar-refractivity contribution in [3.05, 3.63) is 29.2 Å². The zero-order valence-electron chi connectivity index (χ0n) is 6.48. The third-order valence-electron chi connectivity index (χ3n) is 1.38. The van der Waals surface area contributed by atoms with Crippen molar-refractivity contribution in [1.29, 1.82) is 0 Å². The van der Waals surface area contributed by atoms with Crippen molar-refractivity contribution in [2.75, 3.05) is 7.11 Å². The lowest BCUT2D eigenvalue weighted by Crippen LogP contribution is -2.28. The van der Waals surface area contributed by atoms with Crippen LogP contribution in [0.25, 0.3) is 0 Å².